The van der Waals surface area contributed by atoms with Gasteiger partial charge in [0.1, 0.15) is 5.15 Å². The van der Waals surface area contributed by atoms with Gasteiger partial charge in [0.2, 0.25) is 0 Å². The van der Waals surface area contributed by atoms with Gasteiger partial charge in [-0.2, -0.15) is 5.10 Å². The highest BCUT2D eigenvalue weighted by atomic mass is 35.5. The van der Waals surface area contributed by atoms with E-state index in [0.29, 0.717) is 6.04 Å². The molecule has 4 heteroatoms. The van der Waals surface area contributed by atoms with Crippen molar-refractivity contribution in [3.8, 4) is 0 Å². The lowest BCUT2D eigenvalue weighted by Crippen LogP contribution is -2.40. The second-order valence-corrected chi connectivity index (χ2v) is 7.04. The number of nitrogens with zero attached hydrogens (tertiary/aromatic N) is 2. The van der Waals surface area contributed by atoms with Crippen molar-refractivity contribution in [1.82, 2.24) is 15.1 Å². The van der Waals surface area contributed by atoms with Crippen molar-refractivity contribution in [2.45, 2.75) is 52.0 Å². The van der Waals surface area contributed by atoms with E-state index in [1.165, 1.54) is 31.2 Å². The molecule has 0 aliphatic heterocycles. The van der Waals surface area contributed by atoms with Crippen LogP contribution in [0.25, 0.3) is 0 Å². The van der Waals surface area contributed by atoms with Gasteiger partial charge in [-0.05, 0) is 56.9 Å². The summed E-state index contributed by atoms with van der Waals surface area (Å²) >= 11 is 6.42. The molecule has 4 unspecified atom stereocenters. The number of likely N-dealkylation sites (N-methyl/N-ethyl adjacent to an activating group) is 1. The first kappa shape index (κ1) is 14.4. The van der Waals surface area contributed by atoms with E-state index >= 15 is 0 Å². The predicted molar refractivity (Wildman–Crippen MR) is 83.1 cm³/mol. The Kier molecular flexibility index (Phi) is 4.09. The Morgan fingerprint density at radius 1 is 1.40 bits per heavy atom. The minimum absolute atomic E-state index is 0.565. The van der Waals surface area contributed by atoms with Crippen LogP contribution in [0.1, 0.15) is 43.9 Å². The van der Waals surface area contributed by atoms with Crippen LogP contribution in [0.5, 0.6) is 0 Å². The van der Waals surface area contributed by atoms with E-state index in [0.717, 1.165) is 41.6 Å². The molecule has 1 heterocycles. The molecule has 2 bridgehead atoms. The number of hydrogen-bond acceptors (Lipinski definition) is 2. The Labute approximate surface area is 127 Å². The topological polar surface area (TPSA) is 29.9 Å². The highest BCUT2D eigenvalue weighted by molar-refractivity contribution is 6.30. The summed E-state index contributed by atoms with van der Waals surface area (Å²) in [5, 5.41) is 8.99. The quantitative estimate of drug-likeness (QED) is 0.903. The van der Waals surface area contributed by atoms with Crippen molar-refractivity contribution < 1.29 is 0 Å². The summed E-state index contributed by atoms with van der Waals surface area (Å²) in [5.74, 6) is 2.78. The fourth-order valence-electron chi connectivity index (χ4n) is 4.55. The molecule has 0 aromatic carbocycles. The second-order valence-electron chi connectivity index (χ2n) is 6.69. The van der Waals surface area contributed by atoms with Crippen molar-refractivity contribution in [3.63, 3.8) is 0 Å². The fraction of sp³-hybridized carbons (Fsp3) is 0.812. The van der Waals surface area contributed by atoms with Gasteiger partial charge in [0.05, 0.1) is 5.69 Å². The second kappa shape index (κ2) is 5.69. The molecule has 2 saturated carbocycles. The minimum atomic E-state index is 0.565. The van der Waals surface area contributed by atoms with Gasteiger partial charge in [-0.15, -0.1) is 0 Å². The van der Waals surface area contributed by atoms with Crippen LogP contribution in [0.3, 0.4) is 0 Å². The Bertz CT molecular complexity index is 482. The molecule has 4 atom stereocenters. The Balaban J connectivity index is 1.77. The molecule has 1 N–H and O–H groups in total. The molecule has 2 fully saturated rings. The van der Waals surface area contributed by atoms with Gasteiger partial charge in [0, 0.05) is 18.7 Å². The van der Waals surface area contributed by atoms with Gasteiger partial charge in [0.15, 0.2) is 0 Å². The molecule has 0 amide bonds. The predicted octanol–water partition coefficient (Wildman–Crippen LogP) is 3.34. The largest absolute Gasteiger partial charge is 0.314 e. The smallest absolute Gasteiger partial charge is 0.130 e. The Hall–Kier alpha value is -0.540. The number of rotatable bonds is 5. The highest BCUT2D eigenvalue weighted by Crippen LogP contribution is 2.50. The first-order valence-electron chi connectivity index (χ1n) is 8.01. The van der Waals surface area contributed by atoms with E-state index < -0.39 is 0 Å². The maximum Gasteiger partial charge on any atom is 0.130 e. The molecule has 3 rings (SSSR count). The van der Waals surface area contributed by atoms with Gasteiger partial charge in [-0.25, -0.2) is 0 Å². The third-order valence-corrected chi connectivity index (χ3v) is 5.94. The minimum Gasteiger partial charge on any atom is -0.314 e. The summed E-state index contributed by atoms with van der Waals surface area (Å²) in [4.78, 5) is 0. The van der Waals surface area contributed by atoms with E-state index in [1.807, 2.05) is 7.05 Å². The Morgan fingerprint density at radius 3 is 2.70 bits per heavy atom. The van der Waals surface area contributed by atoms with Gasteiger partial charge in [0.25, 0.3) is 0 Å². The lowest BCUT2D eigenvalue weighted by atomic mass is 9.81. The van der Waals surface area contributed by atoms with Crippen LogP contribution in [0.4, 0.5) is 0 Å². The molecule has 1 aromatic heterocycles. The van der Waals surface area contributed by atoms with Crippen LogP contribution in [-0.4, -0.2) is 22.4 Å². The molecule has 20 heavy (non-hydrogen) atoms. The molecule has 1 aromatic rings. The standard InChI is InChI=1S/C16H26ClN3/c1-4-18-15(14-8-11-5-6-12(14)7-11)9-13-10(2)19-20(3)16(13)17/h11-12,14-15,18H,4-9H2,1-3H3. The van der Waals surface area contributed by atoms with Gasteiger partial charge < -0.3 is 5.32 Å². The SMILES string of the molecule is CCNC(Cc1c(C)nn(C)c1Cl)C1CC2CCC1C2. The molecule has 2 aliphatic carbocycles. The van der Waals surface area contributed by atoms with E-state index in [4.69, 9.17) is 11.6 Å². The summed E-state index contributed by atoms with van der Waals surface area (Å²) in [6.45, 7) is 5.32. The van der Waals surface area contributed by atoms with Gasteiger partial charge >= 0.3 is 0 Å². The van der Waals surface area contributed by atoms with E-state index in [1.54, 1.807) is 4.68 Å². The first-order valence-corrected chi connectivity index (χ1v) is 8.39. The molecule has 0 radical (unpaired) electrons. The maximum atomic E-state index is 6.42. The van der Waals surface area contributed by atoms with Crippen molar-refractivity contribution >= 4 is 11.6 Å². The van der Waals surface area contributed by atoms with Gasteiger partial charge in [-0.1, -0.05) is 24.9 Å². The van der Waals surface area contributed by atoms with Crippen LogP contribution < -0.4 is 5.32 Å². The van der Waals surface area contributed by atoms with Crippen LogP contribution in [-0.2, 0) is 13.5 Å². The maximum absolute atomic E-state index is 6.42. The van der Waals surface area contributed by atoms with Crippen LogP contribution >= 0.6 is 11.6 Å². The zero-order chi connectivity index (χ0) is 14.3. The van der Waals surface area contributed by atoms with Gasteiger partial charge in [-0.3, -0.25) is 4.68 Å². The molecule has 0 saturated heterocycles. The van der Waals surface area contributed by atoms with Crippen molar-refractivity contribution in [3.05, 3.63) is 16.4 Å². The summed E-state index contributed by atoms with van der Waals surface area (Å²) in [5.41, 5.74) is 2.33. The fourth-order valence-corrected chi connectivity index (χ4v) is 4.80. The van der Waals surface area contributed by atoms with Crippen LogP contribution in [0, 0.1) is 24.7 Å². The number of aromatic nitrogens is 2. The Morgan fingerprint density at radius 2 is 2.20 bits per heavy atom. The van der Waals surface area contributed by atoms with E-state index in [2.05, 4.69) is 24.3 Å². The summed E-state index contributed by atoms with van der Waals surface area (Å²) < 4.78 is 1.80. The third kappa shape index (κ3) is 2.50. The average molecular weight is 296 g/mol. The summed E-state index contributed by atoms with van der Waals surface area (Å²) in [6, 6.07) is 0.565. The van der Waals surface area contributed by atoms with Crippen LogP contribution in [0.15, 0.2) is 0 Å². The summed E-state index contributed by atoms with van der Waals surface area (Å²) in [7, 11) is 1.93. The van der Waals surface area contributed by atoms with E-state index in [9.17, 15) is 0 Å². The summed E-state index contributed by atoms with van der Waals surface area (Å²) in [6.07, 6.45) is 6.81. The lowest BCUT2D eigenvalue weighted by molar-refractivity contribution is 0.249. The zero-order valence-corrected chi connectivity index (χ0v) is 13.6. The lowest BCUT2D eigenvalue weighted by Gasteiger charge is -2.31. The number of aryl methyl sites for hydroxylation is 2. The monoisotopic (exact) mass is 295 g/mol. The third-order valence-electron chi connectivity index (χ3n) is 5.47. The number of halogens is 1. The number of nitrogens with one attached hydrogen (secondary N) is 1. The average Bonchev–Trinajstić information content (AvgIpc) is 3.09. The van der Waals surface area contributed by atoms with Crippen molar-refractivity contribution in [2.24, 2.45) is 24.8 Å². The molecular formula is C16H26ClN3. The molecule has 0 spiro atoms. The van der Waals surface area contributed by atoms with Crippen LogP contribution in [0.2, 0.25) is 5.15 Å². The molecular weight excluding hydrogens is 270 g/mol. The number of hydrogen-bond donors (Lipinski definition) is 1. The molecule has 2 aliphatic rings. The molecule has 112 valence electrons. The first-order chi connectivity index (χ1) is 9.60. The molecule has 3 nitrogen and oxygen atoms in total. The normalized spacial score (nSPS) is 30.1. The van der Waals surface area contributed by atoms with Crippen molar-refractivity contribution in [2.75, 3.05) is 6.54 Å². The zero-order valence-electron chi connectivity index (χ0n) is 12.8. The van der Waals surface area contributed by atoms with E-state index in [-0.39, 0.29) is 0 Å². The van der Waals surface area contributed by atoms with Crippen molar-refractivity contribution in [1.29, 1.82) is 0 Å². The highest BCUT2D eigenvalue weighted by Gasteiger charge is 2.43. The number of fused-ring (bicyclic) bond motifs is 2.